The van der Waals surface area contributed by atoms with Crippen LogP contribution in [0.1, 0.15) is 25.8 Å². The van der Waals surface area contributed by atoms with Gasteiger partial charge in [0, 0.05) is 42.3 Å². The molecule has 1 aromatic carbocycles. The smallest absolute Gasteiger partial charge is 0.166 e. The molecule has 5 nitrogen and oxygen atoms in total. The van der Waals surface area contributed by atoms with Gasteiger partial charge in [-0.25, -0.2) is 0 Å². The normalized spacial score (nSPS) is 22.9. The molecule has 0 amide bonds. The van der Waals surface area contributed by atoms with Crippen LogP contribution in [0.25, 0.3) is 0 Å². The summed E-state index contributed by atoms with van der Waals surface area (Å²) in [5.74, 6) is 1.34. The lowest BCUT2D eigenvalue weighted by atomic mass is 10.0. The number of likely N-dealkylation sites (tertiary alicyclic amines) is 1. The average molecular weight is 329 g/mol. The molecule has 22 heavy (non-hydrogen) atoms. The summed E-state index contributed by atoms with van der Waals surface area (Å²) in [6.45, 7) is 5.98. The van der Waals surface area contributed by atoms with Gasteiger partial charge >= 0.3 is 0 Å². The summed E-state index contributed by atoms with van der Waals surface area (Å²) in [4.78, 5) is 2.16. The molecule has 1 aliphatic heterocycles. The minimum atomic E-state index is -0.496. The zero-order valence-corrected chi connectivity index (χ0v) is 14.1. The van der Waals surface area contributed by atoms with E-state index in [1.54, 1.807) is 13.2 Å². The summed E-state index contributed by atoms with van der Waals surface area (Å²) in [5.41, 5.74) is 6.82. The van der Waals surface area contributed by atoms with Gasteiger partial charge in [0.25, 0.3) is 0 Å². The molecule has 124 valence electrons. The third-order valence-electron chi connectivity index (χ3n) is 3.78. The topological polar surface area (TPSA) is 68.0 Å². The van der Waals surface area contributed by atoms with Gasteiger partial charge in [-0.1, -0.05) is 11.6 Å². The summed E-state index contributed by atoms with van der Waals surface area (Å²) in [6, 6.07) is 3.50. The lowest BCUT2D eigenvalue weighted by Gasteiger charge is -2.34. The molecule has 0 aromatic heterocycles. The van der Waals surface area contributed by atoms with E-state index >= 15 is 0 Å². The van der Waals surface area contributed by atoms with E-state index in [-0.39, 0.29) is 12.1 Å². The molecule has 1 fully saturated rings. The predicted molar refractivity (Wildman–Crippen MR) is 87.6 cm³/mol. The highest BCUT2D eigenvalue weighted by atomic mass is 35.5. The highest BCUT2D eigenvalue weighted by molar-refractivity contribution is 6.30. The summed E-state index contributed by atoms with van der Waals surface area (Å²) in [6.07, 6.45) is 0.317. The summed E-state index contributed by atoms with van der Waals surface area (Å²) < 4.78 is 11.3. The van der Waals surface area contributed by atoms with Crippen LogP contribution in [-0.4, -0.2) is 48.5 Å². The average Bonchev–Trinajstić information content (AvgIpc) is 2.45. The van der Waals surface area contributed by atoms with Crippen LogP contribution in [0.15, 0.2) is 12.1 Å². The Kier molecular flexibility index (Phi) is 5.92. The minimum Gasteiger partial charge on any atom is -0.493 e. The van der Waals surface area contributed by atoms with E-state index in [4.69, 9.17) is 26.8 Å². The monoisotopic (exact) mass is 328 g/mol. The molecule has 0 unspecified atom stereocenters. The first-order chi connectivity index (χ1) is 10.4. The maximum Gasteiger partial charge on any atom is 0.166 e. The zero-order chi connectivity index (χ0) is 16.3. The van der Waals surface area contributed by atoms with Gasteiger partial charge in [0.2, 0.25) is 0 Å². The van der Waals surface area contributed by atoms with E-state index < -0.39 is 6.10 Å². The number of nitrogens with two attached hydrogens (primary N) is 1. The molecule has 0 bridgehead atoms. The Balaban J connectivity index is 2.23. The molecule has 0 spiro atoms. The third kappa shape index (κ3) is 4.26. The molecule has 0 saturated carbocycles. The van der Waals surface area contributed by atoms with Crippen molar-refractivity contribution in [3.05, 3.63) is 22.7 Å². The third-order valence-corrected chi connectivity index (χ3v) is 4.00. The predicted octanol–water partition coefficient (Wildman–Crippen LogP) is 2.03. The standard InChI is InChI=1S/C16H25ClN2O3/c1-10(2)22-16-11(6-12(17)7-15(16)21-3)8-19-5-4-13(18)14(20)9-19/h6-7,10,13-14,20H,4-5,8-9,18H2,1-3H3/t13-,14-/m1/s1. The Hall–Kier alpha value is -1.01. The Bertz CT molecular complexity index is 510. The van der Waals surface area contributed by atoms with Crippen molar-refractivity contribution in [1.82, 2.24) is 4.90 Å². The van der Waals surface area contributed by atoms with Crippen LogP contribution in [0.4, 0.5) is 0 Å². The molecular weight excluding hydrogens is 304 g/mol. The molecule has 3 N–H and O–H groups in total. The van der Waals surface area contributed by atoms with Gasteiger partial charge < -0.3 is 20.3 Å². The molecule has 1 saturated heterocycles. The number of hydrogen-bond acceptors (Lipinski definition) is 5. The number of methoxy groups -OCH3 is 1. The van der Waals surface area contributed by atoms with Crippen LogP contribution >= 0.6 is 11.6 Å². The molecule has 2 atom stereocenters. The van der Waals surface area contributed by atoms with Gasteiger partial charge in [-0.15, -0.1) is 0 Å². The number of rotatable bonds is 5. The lowest BCUT2D eigenvalue weighted by molar-refractivity contribution is 0.0493. The molecular formula is C16H25ClN2O3. The van der Waals surface area contributed by atoms with Gasteiger partial charge in [0.1, 0.15) is 0 Å². The molecule has 6 heteroatoms. The number of ether oxygens (including phenoxy) is 2. The Morgan fingerprint density at radius 3 is 2.77 bits per heavy atom. The van der Waals surface area contributed by atoms with E-state index in [0.717, 1.165) is 18.5 Å². The minimum absolute atomic E-state index is 0.0363. The van der Waals surface area contributed by atoms with Crippen molar-refractivity contribution in [2.45, 2.75) is 45.1 Å². The van der Waals surface area contributed by atoms with E-state index in [9.17, 15) is 5.11 Å². The quantitative estimate of drug-likeness (QED) is 0.865. The maximum absolute atomic E-state index is 9.95. The van der Waals surface area contributed by atoms with Gasteiger partial charge in [0.15, 0.2) is 11.5 Å². The van der Waals surface area contributed by atoms with Crippen molar-refractivity contribution in [3.8, 4) is 11.5 Å². The number of nitrogens with zero attached hydrogens (tertiary/aromatic N) is 1. The van der Waals surface area contributed by atoms with Crippen LogP contribution in [0.3, 0.4) is 0 Å². The number of aliphatic hydroxyl groups excluding tert-OH is 1. The lowest BCUT2D eigenvalue weighted by Crippen LogP contribution is -2.50. The highest BCUT2D eigenvalue weighted by Crippen LogP contribution is 2.36. The number of piperidine rings is 1. The van der Waals surface area contributed by atoms with E-state index in [2.05, 4.69) is 4.90 Å². The first kappa shape index (κ1) is 17.3. The van der Waals surface area contributed by atoms with Gasteiger partial charge in [-0.3, -0.25) is 4.90 Å². The fraction of sp³-hybridized carbons (Fsp3) is 0.625. The number of β-amino-alcohol motifs (C(OH)–C–C–N with tert-alkyl or cyclic N) is 1. The second-order valence-electron chi connectivity index (χ2n) is 6.02. The zero-order valence-electron chi connectivity index (χ0n) is 13.4. The van der Waals surface area contributed by atoms with Crippen molar-refractivity contribution in [1.29, 1.82) is 0 Å². The van der Waals surface area contributed by atoms with Gasteiger partial charge in [0.05, 0.1) is 19.3 Å². The fourth-order valence-electron chi connectivity index (χ4n) is 2.66. The van der Waals surface area contributed by atoms with Crippen molar-refractivity contribution in [3.63, 3.8) is 0 Å². The highest BCUT2D eigenvalue weighted by Gasteiger charge is 2.26. The number of aliphatic hydroxyl groups is 1. The number of benzene rings is 1. The summed E-state index contributed by atoms with van der Waals surface area (Å²) in [7, 11) is 1.60. The number of halogens is 1. The maximum atomic E-state index is 9.95. The molecule has 0 radical (unpaired) electrons. The van der Waals surface area contributed by atoms with Crippen molar-refractivity contribution in [2.24, 2.45) is 5.73 Å². The van der Waals surface area contributed by atoms with Crippen LogP contribution < -0.4 is 15.2 Å². The van der Waals surface area contributed by atoms with E-state index in [0.29, 0.717) is 29.6 Å². The molecule has 0 aliphatic carbocycles. The van der Waals surface area contributed by atoms with E-state index in [1.165, 1.54) is 0 Å². The molecule has 2 rings (SSSR count). The fourth-order valence-corrected chi connectivity index (χ4v) is 2.89. The second kappa shape index (κ2) is 7.51. The molecule has 1 aliphatic rings. The Labute approximate surface area is 136 Å². The van der Waals surface area contributed by atoms with Crippen LogP contribution in [0.5, 0.6) is 11.5 Å². The van der Waals surface area contributed by atoms with Crippen molar-refractivity contribution in [2.75, 3.05) is 20.2 Å². The largest absolute Gasteiger partial charge is 0.493 e. The molecule has 1 heterocycles. The van der Waals surface area contributed by atoms with Crippen LogP contribution in [0, 0.1) is 0 Å². The van der Waals surface area contributed by atoms with Gasteiger partial charge in [-0.05, 0) is 26.3 Å². The van der Waals surface area contributed by atoms with E-state index in [1.807, 2.05) is 19.9 Å². The summed E-state index contributed by atoms with van der Waals surface area (Å²) >= 11 is 6.18. The Morgan fingerprint density at radius 1 is 1.45 bits per heavy atom. The first-order valence-corrected chi connectivity index (χ1v) is 7.97. The van der Waals surface area contributed by atoms with Crippen LogP contribution in [-0.2, 0) is 6.54 Å². The second-order valence-corrected chi connectivity index (χ2v) is 6.45. The van der Waals surface area contributed by atoms with Crippen molar-refractivity contribution < 1.29 is 14.6 Å². The Morgan fingerprint density at radius 2 is 2.18 bits per heavy atom. The van der Waals surface area contributed by atoms with Gasteiger partial charge in [-0.2, -0.15) is 0 Å². The number of hydrogen-bond donors (Lipinski definition) is 2. The van der Waals surface area contributed by atoms with Crippen LogP contribution in [0.2, 0.25) is 5.02 Å². The SMILES string of the molecule is COc1cc(Cl)cc(CN2CC[C@@H](N)[C@H](O)C2)c1OC(C)C. The first-order valence-electron chi connectivity index (χ1n) is 7.59. The summed E-state index contributed by atoms with van der Waals surface area (Å²) in [5, 5.41) is 10.6. The van der Waals surface area contributed by atoms with Crippen molar-refractivity contribution >= 4 is 11.6 Å². The molecule has 1 aromatic rings.